The van der Waals surface area contributed by atoms with Gasteiger partial charge in [0.25, 0.3) is 5.91 Å². The Hall–Kier alpha value is -2.81. The first-order valence-corrected chi connectivity index (χ1v) is 8.84. The van der Waals surface area contributed by atoms with Crippen LogP contribution in [0.4, 0.5) is 5.82 Å². The molecule has 1 aliphatic heterocycles. The average Bonchev–Trinajstić information content (AvgIpc) is 3.35. The van der Waals surface area contributed by atoms with Crippen molar-refractivity contribution >= 4 is 23.5 Å². The molecule has 0 radical (unpaired) electrons. The first kappa shape index (κ1) is 15.7. The maximum absolute atomic E-state index is 12.4. The second kappa shape index (κ2) is 6.98. The summed E-state index contributed by atoms with van der Waals surface area (Å²) in [5.74, 6) is 0.733. The van der Waals surface area contributed by atoms with Crippen molar-refractivity contribution in [2.45, 2.75) is 18.9 Å². The summed E-state index contributed by atoms with van der Waals surface area (Å²) in [5.41, 5.74) is 1.15. The third-order valence-electron chi connectivity index (χ3n) is 4.22. The third kappa shape index (κ3) is 3.50. The van der Waals surface area contributed by atoms with E-state index in [9.17, 15) is 4.79 Å². The van der Waals surface area contributed by atoms with Crippen LogP contribution in [0, 0.1) is 0 Å². The van der Waals surface area contributed by atoms with Crippen molar-refractivity contribution in [3.63, 3.8) is 0 Å². The van der Waals surface area contributed by atoms with Gasteiger partial charge in [-0.3, -0.25) is 4.79 Å². The minimum absolute atomic E-state index is 0.136. The minimum atomic E-state index is -0.184. The van der Waals surface area contributed by atoms with Crippen molar-refractivity contribution < 1.29 is 4.79 Å². The van der Waals surface area contributed by atoms with E-state index in [1.807, 2.05) is 30.3 Å². The van der Waals surface area contributed by atoms with Gasteiger partial charge in [-0.2, -0.15) is 18.6 Å². The van der Waals surface area contributed by atoms with Crippen molar-refractivity contribution in [2.24, 2.45) is 0 Å². The molecule has 3 aromatic rings. The Balaban J connectivity index is 1.35. The van der Waals surface area contributed by atoms with E-state index < -0.39 is 0 Å². The predicted molar refractivity (Wildman–Crippen MR) is 94.0 cm³/mol. The summed E-state index contributed by atoms with van der Waals surface area (Å²) >= 11 is 1.21. The molecule has 0 saturated carbocycles. The summed E-state index contributed by atoms with van der Waals surface area (Å²) in [6.45, 7) is 1.71. The van der Waals surface area contributed by atoms with Crippen molar-refractivity contribution in [1.82, 2.24) is 29.1 Å². The Morgan fingerprint density at radius 3 is 2.68 bits per heavy atom. The Labute approximate surface area is 148 Å². The molecule has 25 heavy (non-hydrogen) atoms. The summed E-state index contributed by atoms with van der Waals surface area (Å²) < 4.78 is 8.29. The second-order valence-corrected chi connectivity index (χ2v) is 6.41. The fraction of sp³-hybridized carbons (Fsp3) is 0.312. The standard InChI is InChI=1S/C16H17N7OS/c24-16(14-10-17-23(20-14)13-4-2-1-3-5-13)19-12-6-8-22(9-7-12)15-11-18-25-21-15/h1-5,10-12H,6-9H2,(H,19,24). The highest BCUT2D eigenvalue weighted by atomic mass is 32.1. The first-order valence-electron chi connectivity index (χ1n) is 8.11. The molecule has 1 fully saturated rings. The van der Waals surface area contributed by atoms with Gasteiger partial charge in [-0.1, -0.05) is 18.2 Å². The van der Waals surface area contributed by atoms with Crippen LogP contribution in [0.2, 0.25) is 0 Å². The highest BCUT2D eigenvalue weighted by Gasteiger charge is 2.23. The lowest BCUT2D eigenvalue weighted by Crippen LogP contribution is -2.45. The molecule has 8 nitrogen and oxygen atoms in total. The van der Waals surface area contributed by atoms with Crippen LogP contribution in [-0.4, -0.2) is 48.8 Å². The van der Waals surface area contributed by atoms with Crippen LogP contribution in [0.15, 0.2) is 42.7 Å². The molecule has 1 amide bonds. The van der Waals surface area contributed by atoms with Crippen LogP contribution in [0.5, 0.6) is 0 Å². The summed E-state index contributed by atoms with van der Waals surface area (Å²) in [4.78, 5) is 16.1. The van der Waals surface area contributed by atoms with Gasteiger partial charge < -0.3 is 10.2 Å². The van der Waals surface area contributed by atoms with Crippen LogP contribution in [-0.2, 0) is 0 Å². The lowest BCUT2D eigenvalue weighted by atomic mass is 10.1. The number of hydrogen-bond acceptors (Lipinski definition) is 7. The summed E-state index contributed by atoms with van der Waals surface area (Å²) in [6, 6.07) is 9.66. The monoisotopic (exact) mass is 355 g/mol. The average molecular weight is 355 g/mol. The number of rotatable bonds is 4. The van der Waals surface area contributed by atoms with Crippen LogP contribution in [0.3, 0.4) is 0 Å². The van der Waals surface area contributed by atoms with Crippen LogP contribution >= 0.6 is 11.7 Å². The number of para-hydroxylation sites is 1. The number of carbonyl (C=O) groups is 1. The molecule has 1 saturated heterocycles. The van der Waals surface area contributed by atoms with Crippen molar-refractivity contribution in [3.8, 4) is 5.69 Å². The van der Waals surface area contributed by atoms with Gasteiger partial charge in [-0.15, -0.1) is 5.10 Å². The molecule has 0 aliphatic carbocycles. The lowest BCUT2D eigenvalue weighted by molar-refractivity contribution is 0.0925. The smallest absolute Gasteiger partial charge is 0.273 e. The van der Waals surface area contributed by atoms with Gasteiger partial charge in [0.2, 0.25) is 0 Å². The van der Waals surface area contributed by atoms with Crippen LogP contribution in [0.25, 0.3) is 5.69 Å². The maximum atomic E-state index is 12.4. The van der Waals surface area contributed by atoms with E-state index >= 15 is 0 Å². The summed E-state index contributed by atoms with van der Waals surface area (Å²) in [5, 5.41) is 11.5. The van der Waals surface area contributed by atoms with E-state index in [2.05, 4.69) is 29.2 Å². The van der Waals surface area contributed by atoms with E-state index in [-0.39, 0.29) is 11.9 Å². The van der Waals surface area contributed by atoms with Crippen molar-refractivity contribution in [3.05, 3.63) is 48.4 Å². The number of carbonyl (C=O) groups excluding carboxylic acids is 1. The zero-order valence-electron chi connectivity index (χ0n) is 13.4. The van der Waals surface area contributed by atoms with Gasteiger partial charge in [0, 0.05) is 19.1 Å². The quantitative estimate of drug-likeness (QED) is 0.763. The third-order valence-corrected chi connectivity index (χ3v) is 4.68. The number of benzene rings is 1. The number of anilines is 1. The number of nitrogens with zero attached hydrogens (tertiary/aromatic N) is 6. The van der Waals surface area contributed by atoms with Gasteiger partial charge in [0.05, 0.1) is 29.8 Å². The highest BCUT2D eigenvalue weighted by molar-refractivity contribution is 6.99. The molecule has 1 aromatic carbocycles. The van der Waals surface area contributed by atoms with E-state index in [4.69, 9.17) is 0 Å². The number of piperidine rings is 1. The molecule has 4 rings (SSSR count). The minimum Gasteiger partial charge on any atom is -0.354 e. The molecule has 0 unspecified atom stereocenters. The zero-order valence-corrected chi connectivity index (χ0v) is 14.3. The Kier molecular flexibility index (Phi) is 4.38. The molecule has 9 heteroatoms. The van der Waals surface area contributed by atoms with Crippen molar-refractivity contribution in [2.75, 3.05) is 18.0 Å². The molecule has 1 N–H and O–H groups in total. The number of amides is 1. The Morgan fingerprint density at radius 2 is 1.96 bits per heavy atom. The van der Waals surface area contributed by atoms with Crippen LogP contribution < -0.4 is 10.2 Å². The SMILES string of the molecule is O=C(NC1CCN(c2cnsn2)CC1)c1cnn(-c2ccccc2)n1. The molecule has 0 atom stereocenters. The maximum Gasteiger partial charge on any atom is 0.273 e. The predicted octanol–water partition coefficient (Wildman–Crippen LogP) is 1.52. The normalized spacial score (nSPS) is 15.3. The van der Waals surface area contributed by atoms with Gasteiger partial charge in [0.15, 0.2) is 11.5 Å². The van der Waals surface area contributed by atoms with Gasteiger partial charge in [-0.05, 0) is 25.0 Å². The first-order chi connectivity index (χ1) is 12.3. The van der Waals surface area contributed by atoms with E-state index in [0.29, 0.717) is 5.69 Å². The van der Waals surface area contributed by atoms with Crippen LogP contribution in [0.1, 0.15) is 23.3 Å². The van der Waals surface area contributed by atoms with Gasteiger partial charge in [-0.25, -0.2) is 0 Å². The van der Waals surface area contributed by atoms with E-state index in [1.54, 1.807) is 6.20 Å². The molecule has 2 aromatic heterocycles. The molecule has 0 bridgehead atoms. The van der Waals surface area contributed by atoms with Gasteiger partial charge in [0.1, 0.15) is 0 Å². The highest BCUT2D eigenvalue weighted by Crippen LogP contribution is 2.18. The second-order valence-electron chi connectivity index (χ2n) is 5.86. The molecule has 128 valence electrons. The Bertz CT molecular complexity index is 825. The molecule has 0 spiro atoms. The molecular weight excluding hydrogens is 338 g/mol. The van der Waals surface area contributed by atoms with E-state index in [1.165, 1.54) is 22.7 Å². The number of aromatic nitrogens is 5. The topological polar surface area (TPSA) is 88.8 Å². The molecule has 1 aliphatic rings. The van der Waals surface area contributed by atoms with E-state index in [0.717, 1.165) is 37.4 Å². The van der Waals surface area contributed by atoms with Crippen molar-refractivity contribution in [1.29, 1.82) is 0 Å². The number of nitrogens with one attached hydrogen (secondary N) is 1. The fourth-order valence-corrected chi connectivity index (χ4v) is 3.30. The fourth-order valence-electron chi connectivity index (χ4n) is 2.86. The van der Waals surface area contributed by atoms with Gasteiger partial charge >= 0.3 is 0 Å². The Morgan fingerprint density at radius 1 is 1.16 bits per heavy atom. The molecule has 3 heterocycles. The largest absolute Gasteiger partial charge is 0.354 e. The lowest BCUT2D eigenvalue weighted by Gasteiger charge is -2.31. The molecular formula is C16H17N7OS. The number of hydrogen-bond donors (Lipinski definition) is 1. The zero-order chi connectivity index (χ0) is 17.1. The summed E-state index contributed by atoms with van der Waals surface area (Å²) in [7, 11) is 0. The summed E-state index contributed by atoms with van der Waals surface area (Å²) in [6.07, 6.45) is 5.02.